The van der Waals surface area contributed by atoms with Crippen LogP contribution in [-0.2, 0) is 15.7 Å². The zero-order valence-corrected chi connectivity index (χ0v) is 20.6. The summed E-state index contributed by atoms with van der Waals surface area (Å²) >= 11 is 0.848. The number of alkyl halides is 3. The number of nitrogens with zero attached hydrogens (tertiary/aromatic N) is 2. The molecule has 0 saturated carbocycles. The fourth-order valence-corrected chi connectivity index (χ4v) is 4.71. The molecule has 0 spiro atoms. The highest BCUT2D eigenvalue weighted by atomic mass is 32.2. The van der Waals surface area contributed by atoms with Crippen LogP contribution in [-0.4, -0.2) is 67.4 Å². The molecule has 0 unspecified atom stereocenters. The predicted octanol–water partition coefficient (Wildman–Crippen LogP) is 5.18. The number of imide groups is 1. The molecule has 0 N–H and O–H groups in total. The summed E-state index contributed by atoms with van der Waals surface area (Å²) in [6.45, 7) is 5.21. The molecule has 192 valence electrons. The summed E-state index contributed by atoms with van der Waals surface area (Å²) < 4.78 is 56.6. The first-order valence-corrected chi connectivity index (χ1v) is 12.1. The van der Waals surface area contributed by atoms with Gasteiger partial charge in [0, 0.05) is 26.2 Å². The third-order valence-electron chi connectivity index (χ3n) is 5.76. The summed E-state index contributed by atoms with van der Waals surface area (Å²) in [6, 6.07) is 8.40. The second-order valence-corrected chi connectivity index (χ2v) is 9.29. The number of hydrogen-bond donors (Lipinski definition) is 0. The maximum Gasteiger partial charge on any atom is 0.419 e. The van der Waals surface area contributed by atoms with Gasteiger partial charge in [0.2, 0.25) is 0 Å². The van der Waals surface area contributed by atoms with E-state index < -0.39 is 11.7 Å². The highest BCUT2D eigenvalue weighted by Gasteiger charge is 2.36. The normalized spacial score (nSPS) is 18.2. The molecule has 2 aliphatic heterocycles. The van der Waals surface area contributed by atoms with Crippen molar-refractivity contribution >= 4 is 29.0 Å². The van der Waals surface area contributed by atoms with Gasteiger partial charge in [-0.05, 0) is 54.6 Å². The van der Waals surface area contributed by atoms with Crippen LogP contribution in [0.1, 0.15) is 16.7 Å². The van der Waals surface area contributed by atoms with Crippen molar-refractivity contribution in [2.24, 2.45) is 0 Å². The summed E-state index contributed by atoms with van der Waals surface area (Å²) in [5, 5.41) is -0.342. The second kappa shape index (κ2) is 10.9. The first-order valence-electron chi connectivity index (χ1n) is 11.2. The Kier molecular flexibility index (Phi) is 7.91. The number of hydrogen-bond acceptors (Lipinski definition) is 7. The van der Waals surface area contributed by atoms with E-state index in [4.69, 9.17) is 14.2 Å². The summed E-state index contributed by atoms with van der Waals surface area (Å²) in [5.74, 6) is -0.459. The van der Waals surface area contributed by atoms with Crippen LogP contribution in [0.15, 0.2) is 41.3 Å². The van der Waals surface area contributed by atoms with Crippen molar-refractivity contribution in [3.63, 3.8) is 0 Å². The number of carbonyl (C=O) groups excluding carboxylic acids is 2. The standard InChI is InChI=1S/C25H25F3N2O5S/c1-16-3-5-19(18(13-16)25(26,27)28)35-20-6-4-17(14-21(20)33-2)15-22-23(31)30(24(32)36-22)8-7-29-9-11-34-12-10-29/h3-6,13-15H,7-12H2,1-2H3/b22-15-. The van der Waals surface area contributed by atoms with Gasteiger partial charge in [-0.2, -0.15) is 13.2 Å². The van der Waals surface area contributed by atoms with Crippen LogP contribution in [0.3, 0.4) is 0 Å². The van der Waals surface area contributed by atoms with Crippen molar-refractivity contribution in [1.29, 1.82) is 0 Å². The lowest BCUT2D eigenvalue weighted by atomic mass is 10.1. The molecular formula is C25H25F3N2O5S. The van der Waals surface area contributed by atoms with E-state index in [1.54, 1.807) is 25.1 Å². The fourth-order valence-electron chi connectivity index (χ4n) is 3.84. The van der Waals surface area contributed by atoms with E-state index in [1.807, 2.05) is 0 Å². The Labute approximate surface area is 210 Å². The minimum Gasteiger partial charge on any atom is -0.493 e. The zero-order chi connectivity index (χ0) is 25.9. The van der Waals surface area contributed by atoms with Gasteiger partial charge in [0.05, 0.1) is 30.8 Å². The largest absolute Gasteiger partial charge is 0.493 e. The summed E-state index contributed by atoms with van der Waals surface area (Å²) in [6.07, 6.45) is -3.03. The number of ether oxygens (including phenoxy) is 3. The average Bonchev–Trinajstić information content (AvgIpc) is 3.11. The maximum atomic E-state index is 13.5. The Hall–Kier alpha value is -3.02. The zero-order valence-electron chi connectivity index (χ0n) is 19.8. The monoisotopic (exact) mass is 522 g/mol. The quantitative estimate of drug-likeness (QED) is 0.464. The minimum atomic E-state index is -4.58. The lowest BCUT2D eigenvalue weighted by Crippen LogP contribution is -2.42. The van der Waals surface area contributed by atoms with Gasteiger partial charge in [-0.1, -0.05) is 17.7 Å². The Morgan fingerprint density at radius 1 is 1.03 bits per heavy atom. The Morgan fingerprint density at radius 2 is 1.75 bits per heavy atom. The molecule has 0 bridgehead atoms. The molecule has 2 heterocycles. The molecule has 0 atom stereocenters. The molecule has 7 nitrogen and oxygen atoms in total. The van der Waals surface area contributed by atoms with Crippen LogP contribution >= 0.6 is 11.8 Å². The number of rotatable bonds is 7. The molecule has 2 aromatic rings. The highest BCUT2D eigenvalue weighted by Crippen LogP contribution is 2.41. The van der Waals surface area contributed by atoms with Crippen molar-refractivity contribution in [3.05, 3.63) is 58.0 Å². The number of morpholine rings is 1. The first-order chi connectivity index (χ1) is 17.2. The summed E-state index contributed by atoms with van der Waals surface area (Å²) in [5.41, 5.74) is 0.105. The number of aryl methyl sites for hydroxylation is 1. The molecule has 2 aromatic carbocycles. The van der Waals surface area contributed by atoms with Crippen LogP contribution in [0.25, 0.3) is 6.08 Å². The van der Waals surface area contributed by atoms with Gasteiger partial charge in [0.1, 0.15) is 5.75 Å². The summed E-state index contributed by atoms with van der Waals surface area (Å²) in [4.78, 5) is 28.9. The van der Waals surface area contributed by atoms with Crippen LogP contribution in [0.2, 0.25) is 0 Å². The molecular weight excluding hydrogens is 497 g/mol. The van der Waals surface area contributed by atoms with E-state index in [1.165, 1.54) is 30.2 Å². The average molecular weight is 523 g/mol. The number of methoxy groups -OCH3 is 1. The Morgan fingerprint density at radius 3 is 2.44 bits per heavy atom. The van der Waals surface area contributed by atoms with E-state index in [0.29, 0.717) is 30.9 Å². The number of thioether (sulfide) groups is 1. The number of halogens is 3. The van der Waals surface area contributed by atoms with Gasteiger partial charge >= 0.3 is 6.18 Å². The van der Waals surface area contributed by atoms with Gasteiger partial charge in [0.15, 0.2) is 11.5 Å². The van der Waals surface area contributed by atoms with Crippen LogP contribution < -0.4 is 9.47 Å². The lowest BCUT2D eigenvalue weighted by molar-refractivity contribution is -0.138. The molecule has 0 aromatic heterocycles. The van der Waals surface area contributed by atoms with Crippen LogP contribution in [0, 0.1) is 6.92 Å². The van der Waals surface area contributed by atoms with Gasteiger partial charge in [-0.25, -0.2) is 0 Å². The van der Waals surface area contributed by atoms with E-state index in [2.05, 4.69) is 4.90 Å². The van der Waals surface area contributed by atoms with E-state index in [-0.39, 0.29) is 39.8 Å². The van der Waals surface area contributed by atoms with Gasteiger partial charge in [0.25, 0.3) is 11.1 Å². The third-order valence-corrected chi connectivity index (χ3v) is 6.67. The fraction of sp³-hybridized carbons (Fsp3) is 0.360. The molecule has 11 heteroatoms. The molecule has 0 radical (unpaired) electrons. The van der Waals surface area contributed by atoms with E-state index in [0.717, 1.165) is 30.9 Å². The molecule has 2 amide bonds. The van der Waals surface area contributed by atoms with Crippen molar-refractivity contribution in [1.82, 2.24) is 9.80 Å². The SMILES string of the molecule is COc1cc(/C=C2\SC(=O)N(CCN3CCOCC3)C2=O)ccc1Oc1ccc(C)cc1C(F)(F)F. The van der Waals surface area contributed by atoms with Crippen molar-refractivity contribution < 1.29 is 37.0 Å². The Bertz CT molecular complexity index is 1180. The topological polar surface area (TPSA) is 68.3 Å². The van der Waals surface area contributed by atoms with Crippen molar-refractivity contribution in [2.45, 2.75) is 13.1 Å². The molecule has 2 saturated heterocycles. The van der Waals surface area contributed by atoms with Gasteiger partial charge in [-0.15, -0.1) is 0 Å². The molecule has 0 aliphatic carbocycles. The number of amides is 2. The van der Waals surface area contributed by atoms with Gasteiger partial charge in [-0.3, -0.25) is 19.4 Å². The second-order valence-electron chi connectivity index (χ2n) is 8.30. The third kappa shape index (κ3) is 6.03. The van der Waals surface area contributed by atoms with E-state index >= 15 is 0 Å². The van der Waals surface area contributed by atoms with Crippen molar-refractivity contribution in [3.8, 4) is 17.2 Å². The molecule has 4 rings (SSSR count). The maximum absolute atomic E-state index is 13.5. The summed E-state index contributed by atoms with van der Waals surface area (Å²) in [7, 11) is 1.37. The van der Waals surface area contributed by atoms with Crippen molar-refractivity contribution in [2.75, 3.05) is 46.5 Å². The molecule has 2 aliphatic rings. The molecule has 2 fully saturated rings. The molecule has 36 heavy (non-hydrogen) atoms. The number of benzene rings is 2. The van der Waals surface area contributed by atoms with Gasteiger partial charge < -0.3 is 14.2 Å². The minimum absolute atomic E-state index is 0.0858. The number of carbonyl (C=O) groups is 2. The first kappa shape index (κ1) is 26.1. The smallest absolute Gasteiger partial charge is 0.419 e. The van der Waals surface area contributed by atoms with E-state index in [9.17, 15) is 22.8 Å². The highest BCUT2D eigenvalue weighted by molar-refractivity contribution is 8.18. The Balaban J connectivity index is 1.50. The predicted molar refractivity (Wildman–Crippen MR) is 129 cm³/mol. The lowest BCUT2D eigenvalue weighted by Gasteiger charge is -2.27. The van der Waals surface area contributed by atoms with Crippen LogP contribution in [0.4, 0.5) is 18.0 Å². The van der Waals surface area contributed by atoms with Crippen LogP contribution in [0.5, 0.6) is 17.2 Å².